The van der Waals surface area contributed by atoms with Crippen LogP contribution < -0.4 is 5.32 Å². The summed E-state index contributed by atoms with van der Waals surface area (Å²) >= 11 is 0. The Balaban J connectivity index is 2.18. The summed E-state index contributed by atoms with van der Waals surface area (Å²) in [4.78, 5) is 18.3. The lowest BCUT2D eigenvalue weighted by atomic mass is 10.1. The van der Waals surface area contributed by atoms with Crippen LogP contribution in [0.3, 0.4) is 0 Å². The first-order chi connectivity index (χ1) is 10.2. The number of nitrogens with zero attached hydrogens (tertiary/aromatic N) is 2. The molecule has 1 saturated heterocycles. The SMILES string of the molecule is CCCNc1ncc(F)cc1C(=O)N1CCOC(CC)C1. The van der Waals surface area contributed by atoms with Gasteiger partial charge in [-0.3, -0.25) is 4.79 Å². The first-order valence-electron chi connectivity index (χ1n) is 7.46. The molecule has 1 amide bonds. The molecule has 1 aromatic rings. The predicted octanol–water partition coefficient (Wildman–Crippen LogP) is 2.29. The standard InChI is InChI=1S/C15H22FN3O2/c1-3-5-17-14-13(8-11(16)9-18-14)15(20)19-6-7-21-12(4-2)10-19/h8-9,12H,3-7,10H2,1-2H3,(H,17,18). The van der Waals surface area contributed by atoms with E-state index < -0.39 is 5.82 Å². The number of rotatable bonds is 5. The predicted molar refractivity (Wildman–Crippen MR) is 78.9 cm³/mol. The summed E-state index contributed by atoms with van der Waals surface area (Å²) in [6, 6.07) is 1.25. The average Bonchev–Trinajstić information content (AvgIpc) is 2.53. The summed E-state index contributed by atoms with van der Waals surface area (Å²) in [6.07, 6.45) is 2.94. The van der Waals surface area contributed by atoms with Crippen molar-refractivity contribution >= 4 is 11.7 Å². The second-order valence-electron chi connectivity index (χ2n) is 5.13. The van der Waals surface area contributed by atoms with Gasteiger partial charge in [0.15, 0.2) is 0 Å². The van der Waals surface area contributed by atoms with E-state index in [0.717, 1.165) is 19.0 Å². The summed E-state index contributed by atoms with van der Waals surface area (Å²) in [6.45, 7) is 6.32. The van der Waals surface area contributed by atoms with Crippen molar-refractivity contribution < 1.29 is 13.9 Å². The molecule has 0 aliphatic carbocycles. The Kier molecular flexibility index (Phi) is 5.50. The second-order valence-corrected chi connectivity index (χ2v) is 5.13. The number of hydrogen-bond donors (Lipinski definition) is 1. The molecule has 1 aliphatic heterocycles. The lowest BCUT2D eigenvalue weighted by molar-refractivity contribution is -0.0226. The third kappa shape index (κ3) is 3.91. The Hall–Kier alpha value is -1.69. The van der Waals surface area contributed by atoms with E-state index in [-0.39, 0.29) is 12.0 Å². The first kappa shape index (κ1) is 15.7. The van der Waals surface area contributed by atoms with Crippen molar-refractivity contribution in [1.29, 1.82) is 0 Å². The third-order valence-electron chi connectivity index (χ3n) is 3.51. The molecule has 0 spiro atoms. The zero-order chi connectivity index (χ0) is 15.2. The number of amides is 1. The molecule has 21 heavy (non-hydrogen) atoms. The third-order valence-corrected chi connectivity index (χ3v) is 3.51. The van der Waals surface area contributed by atoms with Crippen LogP contribution in [0.25, 0.3) is 0 Å². The molecule has 5 nitrogen and oxygen atoms in total. The van der Waals surface area contributed by atoms with Gasteiger partial charge in [-0.1, -0.05) is 13.8 Å². The Morgan fingerprint density at radius 1 is 1.57 bits per heavy atom. The molecule has 2 rings (SSSR count). The summed E-state index contributed by atoms with van der Waals surface area (Å²) in [7, 11) is 0. The molecule has 1 fully saturated rings. The highest BCUT2D eigenvalue weighted by molar-refractivity contribution is 5.98. The fourth-order valence-electron chi connectivity index (χ4n) is 2.31. The minimum absolute atomic E-state index is 0.0521. The van der Waals surface area contributed by atoms with Gasteiger partial charge in [0.1, 0.15) is 11.6 Å². The molecule has 2 heterocycles. The largest absolute Gasteiger partial charge is 0.375 e. The van der Waals surface area contributed by atoms with Crippen LogP contribution in [0.15, 0.2) is 12.3 Å². The molecule has 1 unspecified atom stereocenters. The van der Waals surface area contributed by atoms with E-state index in [4.69, 9.17) is 4.74 Å². The van der Waals surface area contributed by atoms with Gasteiger partial charge < -0.3 is 15.0 Å². The van der Waals surface area contributed by atoms with Crippen molar-refractivity contribution in [1.82, 2.24) is 9.88 Å². The van der Waals surface area contributed by atoms with Crippen LogP contribution >= 0.6 is 0 Å². The highest BCUT2D eigenvalue weighted by atomic mass is 19.1. The maximum Gasteiger partial charge on any atom is 0.257 e. The molecular formula is C15H22FN3O2. The Labute approximate surface area is 124 Å². The van der Waals surface area contributed by atoms with Crippen molar-refractivity contribution in [3.05, 3.63) is 23.6 Å². The van der Waals surface area contributed by atoms with E-state index in [0.29, 0.717) is 37.6 Å². The summed E-state index contributed by atoms with van der Waals surface area (Å²) in [5, 5.41) is 3.08. The molecule has 116 valence electrons. The van der Waals surface area contributed by atoms with Gasteiger partial charge in [0.25, 0.3) is 5.91 Å². The number of morpholine rings is 1. The molecular weight excluding hydrogens is 273 g/mol. The van der Waals surface area contributed by atoms with Crippen molar-refractivity contribution in [2.75, 3.05) is 31.6 Å². The summed E-state index contributed by atoms with van der Waals surface area (Å²) in [5.74, 6) is -0.245. The molecule has 0 bridgehead atoms. The number of nitrogens with one attached hydrogen (secondary N) is 1. The average molecular weight is 295 g/mol. The number of aromatic nitrogens is 1. The van der Waals surface area contributed by atoms with Crippen LogP contribution in [0.5, 0.6) is 0 Å². The molecule has 6 heteroatoms. The number of anilines is 1. The molecule has 1 N–H and O–H groups in total. The van der Waals surface area contributed by atoms with E-state index in [1.807, 2.05) is 13.8 Å². The minimum Gasteiger partial charge on any atom is -0.375 e. The molecule has 0 aromatic carbocycles. The van der Waals surface area contributed by atoms with Gasteiger partial charge in [0.05, 0.1) is 24.5 Å². The quantitative estimate of drug-likeness (QED) is 0.905. The Morgan fingerprint density at radius 2 is 2.38 bits per heavy atom. The highest BCUT2D eigenvalue weighted by Crippen LogP contribution is 2.18. The minimum atomic E-state index is -0.499. The van der Waals surface area contributed by atoms with Gasteiger partial charge in [-0.05, 0) is 18.9 Å². The van der Waals surface area contributed by atoms with Gasteiger partial charge >= 0.3 is 0 Å². The zero-order valence-corrected chi connectivity index (χ0v) is 12.6. The fraction of sp³-hybridized carbons (Fsp3) is 0.600. The van der Waals surface area contributed by atoms with Crippen molar-refractivity contribution in [2.24, 2.45) is 0 Å². The summed E-state index contributed by atoms with van der Waals surface area (Å²) in [5.41, 5.74) is 0.292. The number of halogens is 1. The highest BCUT2D eigenvalue weighted by Gasteiger charge is 2.26. The molecule has 1 aliphatic rings. The number of pyridine rings is 1. The molecule has 0 saturated carbocycles. The van der Waals surface area contributed by atoms with Crippen LogP contribution in [-0.2, 0) is 4.74 Å². The van der Waals surface area contributed by atoms with Crippen LogP contribution in [-0.4, -0.2) is 48.1 Å². The summed E-state index contributed by atoms with van der Waals surface area (Å²) < 4.78 is 19.0. The monoisotopic (exact) mass is 295 g/mol. The number of carbonyl (C=O) groups is 1. The second kappa shape index (κ2) is 7.36. The number of carbonyl (C=O) groups excluding carboxylic acids is 1. The van der Waals surface area contributed by atoms with Gasteiger partial charge in [-0.2, -0.15) is 0 Å². The number of ether oxygens (including phenoxy) is 1. The van der Waals surface area contributed by atoms with Crippen molar-refractivity contribution in [2.45, 2.75) is 32.8 Å². The maximum atomic E-state index is 13.5. The maximum absolute atomic E-state index is 13.5. The zero-order valence-electron chi connectivity index (χ0n) is 12.6. The Morgan fingerprint density at radius 3 is 3.10 bits per heavy atom. The normalized spacial score (nSPS) is 18.6. The van der Waals surface area contributed by atoms with E-state index >= 15 is 0 Å². The number of hydrogen-bond acceptors (Lipinski definition) is 4. The van der Waals surface area contributed by atoms with E-state index in [1.165, 1.54) is 6.07 Å². The van der Waals surface area contributed by atoms with Crippen LogP contribution in [0.2, 0.25) is 0 Å². The van der Waals surface area contributed by atoms with Gasteiger partial charge in [-0.15, -0.1) is 0 Å². The van der Waals surface area contributed by atoms with Crippen LogP contribution in [0.4, 0.5) is 10.2 Å². The van der Waals surface area contributed by atoms with Crippen LogP contribution in [0.1, 0.15) is 37.0 Å². The van der Waals surface area contributed by atoms with E-state index in [2.05, 4.69) is 10.3 Å². The fourth-order valence-corrected chi connectivity index (χ4v) is 2.31. The van der Waals surface area contributed by atoms with Crippen molar-refractivity contribution in [3.8, 4) is 0 Å². The molecule has 0 radical (unpaired) electrons. The van der Waals surface area contributed by atoms with E-state index in [1.54, 1.807) is 4.90 Å². The molecule has 1 atom stereocenters. The topological polar surface area (TPSA) is 54.5 Å². The van der Waals surface area contributed by atoms with Gasteiger partial charge in [-0.25, -0.2) is 9.37 Å². The lowest BCUT2D eigenvalue weighted by Crippen LogP contribution is -2.45. The lowest BCUT2D eigenvalue weighted by Gasteiger charge is -2.32. The van der Waals surface area contributed by atoms with Gasteiger partial charge in [0, 0.05) is 19.6 Å². The smallest absolute Gasteiger partial charge is 0.257 e. The van der Waals surface area contributed by atoms with Crippen molar-refractivity contribution in [3.63, 3.8) is 0 Å². The van der Waals surface area contributed by atoms with Crippen LogP contribution in [0, 0.1) is 5.82 Å². The van der Waals surface area contributed by atoms with E-state index in [9.17, 15) is 9.18 Å². The molecule has 1 aromatic heterocycles. The first-order valence-corrected chi connectivity index (χ1v) is 7.46. The van der Waals surface area contributed by atoms with Gasteiger partial charge in [0.2, 0.25) is 0 Å². The Bertz CT molecular complexity index is 496.